The molecule has 0 amide bonds. The summed E-state index contributed by atoms with van der Waals surface area (Å²) in [6.07, 6.45) is 6.05. The molecule has 1 aliphatic carbocycles. The maximum atomic E-state index is 8.36. The summed E-state index contributed by atoms with van der Waals surface area (Å²) < 4.78 is 0. The molecule has 0 saturated carbocycles. The van der Waals surface area contributed by atoms with Crippen LogP contribution in [0.4, 0.5) is 0 Å². The van der Waals surface area contributed by atoms with Gasteiger partial charge in [-0.05, 0) is 55.3 Å². The Morgan fingerprint density at radius 3 is 2.68 bits per heavy atom. The second-order valence-electron chi connectivity index (χ2n) is 6.87. The van der Waals surface area contributed by atoms with Gasteiger partial charge < -0.3 is 5.11 Å². The second-order valence-corrected chi connectivity index (χ2v) is 6.87. The van der Waals surface area contributed by atoms with Crippen LogP contribution < -0.4 is 0 Å². The minimum Gasteiger partial charge on any atom is -0.483 e. The molecule has 1 aromatic heterocycles. The highest BCUT2D eigenvalue weighted by atomic mass is 16.3. The second kappa shape index (κ2) is 7.78. The Labute approximate surface area is 148 Å². The van der Waals surface area contributed by atoms with Gasteiger partial charge in [-0.1, -0.05) is 31.2 Å². The summed E-state index contributed by atoms with van der Waals surface area (Å²) >= 11 is 0. The zero-order valence-corrected chi connectivity index (χ0v) is 14.7. The van der Waals surface area contributed by atoms with Gasteiger partial charge in [-0.2, -0.15) is 5.10 Å². The molecular weight excluding hydrogens is 316 g/mol. The molecule has 1 saturated heterocycles. The first-order valence-corrected chi connectivity index (χ1v) is 8.99. The fourth-order valence-corrected chi connectivity index (χ4v) is 4.20. The minimum atomic E-state index is -0.250. The van der Waals surface area contributed by atoms with Gasteiger partial charge in [0.15, 0.2) is 0 Å². The largest absolute Gasteiger partial charge is 0.483 e. The third-order valence-electron chi connectivity index (χ3n) is 5.54. The Balaban J connectivity index is 0.000000569. The van der Waals surface area contributed by atoms with Crippen LogP contribution in [-0.4, -0.2) is 44.7 Å². The molecule has 6 heteroatoms. The molecule has 6 nitrogen and oxygen atoms in total. The first kappa shape index (κ1) is 17.6. The lowest BCUT2D eigenvalue weighted by Gasteiger charge is -2.40. The highest BCUT2D eigenvalue weighted by Crippen LogP contribution is 2.46. The number of nitrogens with one attached hydrogen (secondary N) is 1. The number of aryl methyl sites for hydroxylation is 2. The van der Waals surface area contributed by atoms with E-state index in [0.717, 1.165) is 37.7 Å². The van der Waals surface area contributed by atoms with Crippen molar-refractivity contribution >= 4 is 6.47 Å². The third kappa shape index (κ3) is 3.74. The van der Waals surface area contributed by atoms with Gasteiger partial charge in [-0.25, -0.2) is 4.98 Å². The van der Waals surface area contributed by atoms with Crippen molar-refractivity contribution in [2.75, 3.05) is 13.1 Å². The van der Waals surface area contributed by atoms with Crippen LogP contribution in [0.2, 0.25) is 0 Å². The summed E-state index contributed by atoms with van der Waals surface area (Å²) in [7, 11) is 0. The highest BCUT2D eigenvalue weighted by Gasteiger charge is 2.40. The van der Waals surface area contributed by atoms with Crippen LogP contribution in [0.3, 0.4) is 0 Å². The SMILES string of the molecule is CCc1n[nH]c(CN2CCC3(CCc4ccccc43)CC2)n1.O=CO. The predicted octanol–water partition coefficient (Wildman–Crippen LogP) is 2.55. The lowest BCUT2D eigenvalue weighted by atomic mass is 9.74. The Bertz CT molecular complexity index is 705. The number of aromatic nitrogens is 3. The summed E-state index contributed by atoms with van der Waals surface area (Å²) in [6.45, 7) is 5.08. The number of aromatic amines is 1. The number of likely N-dealkylation sites (tertiary alicyclic amines) is 1. The molecule has 0 radical (unpaired) electrons. The van der Waals surface area contributed by atoms with Crippen molar-refractivity contribution in [1.29, 1.82) is 0 Å². The van der Waals surface area contributed by atoms with E-state index in [-0.39, 0.29) is 6.47 Å². The molecular formula is C19H26N4O2. The summed E-state index contributed by atoms with van der Waals surface area (Å²) in [5, 5.41) is 14.2. The summed E-state index contributed by atoms with van der Waals surface area (Å²) in [6, 6.07) is 9.07. The molecule has 1 fully saturated rings. The first-order chi connectivity index (χ1) is 12.2. The van der Waals surface area contributed by atoms with Gasteiger partial charge in [0, 0.05) is 6.42 Å². The first-order valence-electron chi connectivity index (χ1n) is 8.99. The molecule has 1 aromatic carbocycles. The molecule has 1 aliphatic heterocycles. The lowest BCUT2D eigenvalue weighted by Crippen LogP contribution is -2.41. The number of carboxylic acid groups (broad SMARTS) is 1. The van der Waals surface area contributed by atoms with Crippen LogP contribution in [0.1, 0.15) is 49.0 Å². The number of benzene rings is 1. The van der Waals surface area contributed by atoms with Crippen molar-refractivity contribution in [3.05, 3.63) is 47.0 Å². The monoisotopic (exact) mass is 342 g/mol. The van der Waals surface area contributed by atoms with Crippen LogP contribution in [-0.2, 0) is 29.6 Å². The van der Waals surface area contributed by atoms with Gasteiger partial charge in [-0.15, -0.1) is 0 Å². The molecule has 2 aromatic rings. The van der Waals surface area contributed by atoms with Gasteiger partial charge in [-0.3, -0.25) is 14.8 Å². The van der Waals surface area contributed by atoms with E-state index in [1.165, 1.54) is 25.7 Å². The van der Waals surface area contributed by atoms with E-state index in [1.54, 1.807) is 11.1 Å². The van der Waals surface area contributed by atoms with E-state index in [2.05, 4.69) is 51.3 Å². The molecule has 2 heterocycles. The summed E-state index contributed by atoms with van der Waals surface area (Å²) in [5.74, 6) is 1.94. The Hall–Kier alpha value is -2.21. The van der Waals surface area contributed by atoms with E-state index >= 15 is 0 Å². The molecule has 134 valence electrons. The number of fused-ring (bicyclic) bond motifs is 2. The minimum absolute atomic E-state index is 0.250. The molecule has 25 heavy (non-hydrogen) atoms. The number of hydrogen-bond donors (Lipinski definition) is 2. The maximum Gasteiger partial charge on any atom is 0.290 e. The zero-order valence-electron chi connectivity index (χ0n) is 14.7. The number of nitrogens with zero attached hydrogens (tertiary/aromatic N) is 3. The van der Waals surface area contributed by atoms with Gasteiger partial charge in [0.1, 0.15) is 11.6 Å². The third-order valence-corrected chi connectivity index (χ3v) is 5.54. The number of rotatable bonds is 3. The van der Waals surface area contributed by atoms with Crippen molar-refractivity contribution in [2.24, 2.45) is 0 Å². The number of carbonyl (C=O) groups is 1. The molecule has 0 bridgehead atoms. The highest BCUT2D eigenvalue weighted by molar-refractivity contribution is 5.39. The topological polar surface area (TPSA) is 82.1 Å². The predicted molar refractivity (Wildman–Crippen MR) is 95.4 cm³/mol. The maximum absolute atomic E-state index is 8.36. The summed E-state index contributed by atoms with van der Waals surface area (Å²) in [4.78, 5) is 15.4. The van der Waals surface area contributed by atoms with Crippen molar-refractivity contribution in [3.8, 4) is 0 Å². The number of H-pyrrole nitrogens is 1. The fourth-order valence-electron chi connectivity index (χ4n) is 4.20. The molecule has 2 N–H and O–H groups in total. The number of piperidine rings is 1. The van der Waals surface area contributed by atoms with E-state index in [1.807, 2.05) is 0 Å². The van der Waals surface area contributed by atoms with Gasteiger partial charge >= 0.3 is 0 Å². The van der Waals surface area contributed by atoms with Crippen LogP contribution in [0, 0.1) is 0 Å². The van der Waals surface area contributed by atoms with E-state index in [4.69, 9.17) is 9.90 Å². The number of hydrogen-bond acceptors (Lipinski definition) is 4. The molecule has 2 aliphatic rings. The van der Waals surface area contributed by atoms with Crippen molar-refractivity contribution in [1.82, 2.24) is 20.1 Å². The van der Waals surface area contributed by atoms with Gasteiger partial charge in [0.25, 0.3) is 6.47 Å². The standard InChI is InChI=1S/C18H24N4.CH2O2/c1-2-16-19-17(21-20-16)13-22-11-9-18(10-12-22)8-7-14-5-3-4-6-15(14)18;2-1-3/h3-6H,2,7-13H2,1H3,(H,19,20,21);1H,(H,2,3). The van der Waals surface area contributed by atoms with Crippen molar-refractivity contribution in [3.63, 3.8) is 0 Å². The fraction of sp³-hybridized carbons (Fsp3) is 0.526. The van der Waals surface area contributed by atoms with E-state index < -0.39 is 0 Å². The molecule has 0 atom stereocenters. The van der Waals surface area contributed by atoms with E-state index in [9.17, 15) is 0 Å². The average molecular weight is 342 g/mol. The quantitative estimate of drug-likeness (QED) is 0.838. The Kier molecular flexibility index (Phi) is 5.48. The van der Waals surface area contributed by atoms with Gasteiger partial charge in [0.05, 0.1) is 6.54 Å². The van der Waals surface area contributed by atoms with Crippen molar-refractivity contribution in [2.45, 2.75) is 51.0 Å². The van der Waals surface area contributed by atoms with E-state index in [0.29, 0.717) is 5.41 Å². The van der Waals surface area contributed by atoms with Crippen LogP contribution >= 0.6 is 0 Å². The Morgan fingerprint density at radius 2 is 2.00 bits per heavy atom. The molecule has 4 rings (SSSR count). The molecule has 0 unspecified atom stereocenters. The normalized spacial score (nSPS) is 18.4. The zero-order chi connectivity index (χ0) is 17.7. The Morgan fingerprint density at radius 1 is 1.28 bits per heavy atom. The van der Waals surface area contributed by atoms with Gasteiger partial charge in [0.2, 0.25) is 0 Å². The van der Waals surface area contributed by atoms with Crippen LogP contribution in [0.5, 0.6) is 0 Å². The molecule has 1 spiro atoms. The average Bonchev–Trinajstić information content (AvgIpc) is 3.23. The summed E-state index contributed by atoms with van der Waals surface area (Å²) in [5.41, 5.74) is 3.66. The lowest BCUT2D eigenvalue weighted by molar-refractivity contribution is -0.122. The van der Waals surface area contributed by atoms with Crippen LogP contribution in [0.15, 0.2) is 24.3 Å². The van der Waals surface area contributed by atoms with Crippen LogP contribution in [0.25, 0.3) is 0 Å². The van der Waals surface area contributed by atoms with Crippen molar-refractivity contribution < 1.29 is 9.90 Å². The smallest absolute Gasteiger partial charge is 0.290 e.